The predicted octanol–water partition coefficient (Wildman–Crippen LogP) is 2.25. The van der Waals surface area contributed by atoms with Gasteiger partial charge in [-0.1, -0.05) is 29.8 Å². The van der Waals surface area contributed by atoms with Crippen molar-refractivity contribution < 1.29 is 0 Å². The third-order valence-corrected chi connectivity index (χ3v) is 4.23. The number of aryl methyl sites for hydroxylation is 1. The standard InChI is InChI=1S/C16H23N3/c1-13-2-4-14(5-3-13)16(12-18)8-6-15(7-9-16)19-11-10-17/h2-5,15,19H,6-11,17H2,1H3. The zero-order chi connectivity index (χ0) is 13.7. The predicted molar refractivity (Wildman–Crippen MR) is 77.8 cm³/mol. The van der Waals surface area contributed by atoms with E-state index in [1.54, 1.807) is 0 Å². The van der Waals surface area contributed by atoms with Gasteiger partial charge in [0.25, 0.3) is 0 Å². The molecule has 1 saturated carbocycles. The van der Waals surface area contributed by atoms with Crippen LogP contribution in [-0.4, -0.2) is 19.1 Å². The normalized spacial score (nSPS) is 26.9. The molecule has 3 heteroatoms. The number of hydrogen-bond donors (Lipinski definition) is 2. The molecule has 1 aliphatic carbocycles. The Kier molecular flexibility index (Phi) is 4.57. The largest absolute Gasteiger partial charge is 0.329 e. The average Bonchev–Trinajstić information content (AvgIpc) is 2.46. The van der Waals surface area contributed by atoms with Gasteiger partial charge in [-0.25, -0.2) is 0 Å². The summed E-state index contributed by atoms with van der Waals surface area (Å²) < 4.78 is 0. The molecule has 3 N–H and O–H groups in total. The van der Waals surface area contributed by atoms with Gasteiger partial charge in [-0.05, 0) is 38.2 Å². The summed E-state index contributed by atoms with van der Waals surface area (Å²) in [7, 11) is 0. The molecule has 1 aromatic carbocycles. The summed E-state index contributed by atoms with van der Waals surface area (Å²) in [4.78, 5) is 0. The van der Waals surface area contributed by atoms with Gasteiger partial charge in [0.15, 0.2) is 0 Å². The molecule has 0 spiro atoms. The molecule has 0 amide bonds. The van der Waals surface area contributed by atoms with Crippen molar-refractivity contribution >= 4 is 0 Å². The average molecular weight is 257 g/mol. The third kappa shape index (κ3) is 3.15. The fourth-order valence-electron chi connectivity index (χ4n) is 2.94. The van der Waals surface area contributed by atoms with Crippen molar-refractivity contribution in [1.82, 2.24) is 5.32 Å². The van der Waals surface area contributed by atoms with Gasteiger partial charge >= 0.3 is 0 Å². The Hall–Kier alpha value is -1.37. The maximum absolute atomic E-state index is 9.64. The third-order valence-electron chi connectivity index (χ3n) is 4.23. The van der Waals surface area contributed by atoms with Crippen LogP contribution in [0.2, 0.25) is 0 Å². The molecule has 0 heterocycles. The van der Waals surface area contributed by atoms with Crippen molar-refractivity contribution in [3.05, 3.63) is 35.4 Å². The summed E-state index contributed by atoms with van der Waals surface area (Å²) in [6.45, 7) is 3.63. The lowest BCUT2D eigenvalue weighted by Crippen LogP contribution is -2.40. The number of nitriles is 1. The summed E-state index contributed by atoms with van der Waals surface area (Å²) in [5.41, 5.74) is 7.66. The second-order valence-electron chi connectivity index (χ2n) is 5.58. The molecule has 0 unspecified atom stereocenters. The first-order valence-corrected chi connectivity index (χ1v) is 7.12. The molecule has 1 aliphatic rings. The van der Waals surface area contributed by atoms with E-state index in [0.717, 1.165) is 32.2 Å². The number of nitrogens with one attached hydrogen (secondary N) is 1. The minimum Gasteiger partial charge on any atom is -0.329 e. The van der Waals surface area contributed by atoms with Gasteiger partial charge < -0.3 is 11.1 Å². The molecule has 0 aliphatic heterocycles. The summed E-state index contributed by atoms with van der Waals surface area (Å²) >= 11 is 0. The highest BCUT2D eigenvalue weighted by atomic mass is 14.9. The fourth-order valence-corrected chi connectivity index (χ4v) is 2.94. The van der Waals surface area contributed by atoms with Crippen LogP contribution in [0.3, 0.4) is 0 Å². The van der Waals surface area contributed by atoms with E-state index in [1.807, 2.05) is 0 Å². The maximum Gasteiger partial charge on any atom is 0.0823 e. The van der Waals surface area contributed by atoms with E-state index in [9.17, 15) is 5.26 Å². The lowest BCUT2D eigenvalue weighted by atomic mass is 9.69. The first-order valence-electron chi connectivity index (χ1n) is 7.12. The second kappa shape index (κ2) is 6.18. The summed E-state index contributed by atoms with van der Waals surface area (Å²) in [6.07, 6.45) is 3.99. The summed E-state index contributed by atoms with van der Waals surface area (Å²) in [5, 5.41) is 13.1. The van der Waals surface area contributed by atoms with Gasteiger partial charge in [0.1, 0.15) is 0 Å². The van der Waals surface area contributed by atoms with Gasteiger partial charge in [-0.15, -0.1) is 0 Å². The van der Waals surface area contributed by atoms with Crippen molar-refractivity contribution in [2.45, 2.75) is 44.1 Å². The fraction of sp³-hybridized carbons (Fsp3) is 0.562. The quantitative estimate of drug-likeness (QED) is 0.869. The van der Waals surface area contributed by atoms with Gasteiger partial charge in [0, 0.05) is 19.1 Å². The van der Waals surface area contributed by atoms with Crippen molar-refractivity contribution in [3.63, 3.8) is 0 Å². The van der Waals surface area contributed by atoms with Crippen LogP contribution in [0, 0.1) is 18.3 Å². The van der Waals surface area contributed by atoms with E-state index in [2.05, 4.69) is 42.6 Å². The highest BCUT2D eigenvalue weighted by molar-refractivity contribution is 5.35. The molecule has 0 bridgehead atoms. The molecule has 0 radical (unpaired) electrons. The van der Waals surface area contributed by atoms with Crippen LogP contribution in [0.5, 0.6) is 0 Å². The van der Waals surface area contributed by atoms with E-state index in [-0.39, 0.29) is 5.41 Å². The molecule has 1 aromatic rings. The molecule has 3 nitrogen and oxygen atoms in total. The van der Waals surface area contributed by atoms with Crippen LogP contribution in [0.25, 0.3) is 0 Å². The Morgan fingerprint density at radius 3 is 2.47 bits per heavy atom. The zero-order valence-electron chi connectivity index (χ0n) is 11.7. The van der Waals surface area contributed by atoms with Gasteiger partial charge in [-0.3, -0.25) is 0 Å². The molecule has 0 aromatic heterocycles. The number of nitrogens with two attached hydrogens (primary N) is 1. The summed E-state index contributed by atoms with van der Waals surface area (Å²) in [5.74, 6) is 0. The Balaban J connectivity index is 2.06. The maximum atomic E-state index is 9.64. The van der Waals surface area contributed by atoms with Gasteiger partial charge in [0.2, 0.25) is 0 Å². The monoisotopic (exact) mass is 257 g/mol. The van der Waals surface area contributed by atoms with Crippen molar-refractivity contribution in [1.29, 1.82) is 5.26 Å². The smallest absolute Gasteiger partial charge is 0.0823 e. The molecule has 19 heavy (non-hydrogen) atoms. The first-order chi connectivity index (χ1) is 9.20. The number of nitrogens with zero attached hydrogens (tertiary/aromatic N) is 1. The van der Waals surface area contributed by atoms with E-state index >= 15 is 0 Å². The minimum atomic E-state index is -0.283. The van der Waals surface area contributed by atoms with Crippen LogP contribution in [0.4, 0.5) is 0 Å². The Labute approximate surface area is 115 Å². The molecule has 0 saturated heterocycles. The first kappa shape index (κ1) is 14.0. The zero-order valence-corrected chi connectivity index (χ0v) is 11.7. The van der Waals surface area contributed by atoms with Crippen molar-refractivity contribution in [3.8, 4) is 6.07 Å². The van der Waals surface area contributed by atoms with Crippen LogP contribution in [0.15, 0.2) is 24.3 Å². The lowest BCUT2D eigenvalue weighted by Gasteiger charge is -2.35. The molecule has 1 fully saturated rings. The van der Waals surface area contributed by atoms with E-state index < -0.39 is 0 Å². The second-order valence-corrected chi connectivity index (χ2v) is 5.58. The lowest BCUT2D eigenvalue weighted by molar-refractivity contribution is 0.297. The van der Waals surface area contributed by atoms with Crippen LogP contribution < -0.4 is 11.1 Å². The number of rotatable bonds is 4. The highest BCUT2D eigenvalue weighted by Gasteiger charge is 2.36. The Morgan fingerprint density at radius 2 is 1.95 bits per heavy atom. The number of benzene rings is 1. The van der Waals surface area contributed by atoms with Gasteiger partial charge in [0.05, 0.1) is 11.5 Å². The minimum absolute atomic E-state index is 0.283. The molecule has 2 rings (SSSR count). The van der Waals surface area contributed by atoms with E-state index in [1.165, 1.54) is 11.1 Å². The number of hydrogen-bond acceptors (Lipinski definition) is 3. The Morgan fingerprint density at radius 1 is 1.32 bits per heavy atom. The molecular formula is C16H23N3. The Bertz CT molecular complexity index is 436. The van der Waals surface area contributed by atoms with Gasteiger partial charge in [-0.2, -0.15) is 5.26 Å². The van der Waals surface area contributed by atoms with Crippen LogP contribution >= 0.6 is 0 Å². The van der Waals surface area contributed by atoms with Crippen molar-refractivity contribution in [2.24, 2.45) is 5.73 Å². The van der Waals surface area contributed by atoms with Crippen molar-refractivity contribution in [2.75, 3.05) is 13.1 Å². The summed E-state index contributed by atoms with van der Waals surface area (Å²) in [6, 6.07) is 11.5. The van der Waals surface area contributed by atoms with E-state index in [4.69, 9.17) is 5.73 Å². The van der Waals surface area contributed by atoms with E-state index in [0.29, 0.717) is 12.6 Å². The molecule has 0 atom stereocenters. The molecule has 102 valence electrons. The SMILES string of the molecule is Cc1ccc(C2(C#N)CCC(NCCN)CC2)cc1. The van der Waals surface area contributed by atoms with Crippen LogP contribution in [-0.2, 0) is 5.41 Å². The highest BCUT2D eigenvalue weighted by Crippen LogP contribution is 2.39. The van der Waals surface area contributed by atoms with Crippen LogP contribution in [0.1, 0.15) is 36.8 Å². The molecular weight excluding hydrogens is 234 g/mol. The topological polar surface area (TPSA) is 61.8 Å².